The van der Waals surface area contributed by atoms with Crippen LogP contribution < -0.4 is 0 Å². The van der Waals surface area contributed by atoms with Gasteiger partial charge in [-0.1, -0.05) is 11.8 Å². The highest BCUT2D eigenvalue weighted by atomic mass is 32.1. The Balaban J connectivity index is 1.84. The monoisotopic (exact) mass is 278 g/mol. The maximum Gasteiger partial charge on any atom is 0.104 e. The Morgan fingerprint density at radius 1 is 1.58 bits per heavy atom. The smallest absolute Gasteiger partial charge is 0.104 e. The zero-order chi connectivity index (χ0) is 13.7. The highest BCUT2D eigenvalue weighted by molar-refractivity contribution is 7.10. The van der Waals surface area contributed by atoms with Gasteiger partial charge in [0.2, 0.25) is 0 Å². The van der Waals surface area contributed by atoms with Crippen LogP contribution in [0.3, 0.4) is 0 Å². The summed E-state index contributed by atoms with van der Waals surface area (Å²) in [5.41, 5.74) is 1.01. The second kappa shape index (κ2) is 7.06. The predicted molar refractivity (Wildman–Crippen MR) is 80.3 cm³/mol. The summed E-state index contributed by atoms with van der Waals surface area (Å²) in [5, 5.41) is 10.7. The topological polar surface area (TPSA) is 26.7 Å². The second-order valence-corrected chi connectivity index (χ2v) is 6.23. The summed E-state index contributed by atoms with van der Waals surface area (Å²) < 4.78 is 0. The van der Waals surface area contributed by atoms with Crippen molar-refractivity contribution in [1.82, 2.24) is 9.80 Å². The van der Waals surface area contributed by atoms with Gasteiger partial charge in [0.15, 0.2) is 0 Å². The third-order valence-electron chi connectivity index (χ3n) is 3.59. The van der Waals surface area contributed by atoms with E-state index in [0.717, 1.165) is 18.7 Å². The van der Waals surface area contributed by atoms with Gasteiger partial charge in [0.25, 0.3) is 0 Å². The van der Waals surface area contributed by atoms with E-state index in [0.29, 0.717) is 6.04 Å². The fourth-order valence-electron chi connectivity index (χ4n) is 2.57. The van der Waals surface area contributed by atoms with Crippen molar-refractivity contribution < 1.29 is 5.11 Å². The summed E-state index contributed by atoms with van der Waals surface area (Å²) in [6, 6.07) is 2.83. The number of aliphatic hydroxyl groups is 1. The van der Waals surface area contributed by atoms with Gasteiger partial charge in [-0.15, -0.1) is 11.3 Å². The van der Waals surface area contributed by atoms with Gasteiger partial charge in [0.1, 0.15) is 6.61 Å². The van der Waals surface area contributed by atoms with Crippen molar-refractivity contribution in [1.29, 1.82) is 0 Å². The van der Waals surface area contributed by atoms with Gasteiger partial charge in [-0.2, -0.15) is 0 Å². The molecular formula is C15H22N2OS. The lowest BCUT2D eigenvalue weighted by Gasteiger charge is -2.25. The molecule has 0 amide bonds. The van der Waals surface area contributed by atoms with E-state index in [9.17, 15) is 0 Å². The first-order chi connectivity index (χ1) is 9.19. The average Bonchev–Trinajstić information content (AvgIpc) is 2.97. The Morgan fingerprint density at radius 2 is 2.42 bits per heavy atom. The molecule has 2 heterocycles. The molecule has 1 saturated heterocycles. The predicted octanol–water partition coefficient (Wildman–Crippen LogP) is 1.62. The normalized spacial score (nSPS) is 19.7. The van der Waals surface area contributed by atoms with E-state index in [2.05, 4.69) is 47.2 Å². The summed E-state index contributed by atoms with van der Waals surface area (Å²) in [5.74, 6) is 5.64. The molecule has 1 unspecified atom stereocenters. The Kier molecular flexibility index (Phi) is 5.41. The molecule has 2 rings (SSSR count). The highest BCUT2D eigenvalue weighted by Gasteiger charge is 2.22. The Hall–Kier alpha value is -0.860. The molecule has 104 valence electrons. The van der Waals surface area contributed by atoms with Gasteiger partial charge in [-0.3, -0.25) is 4.90 Å². The van der Waals surface area contributed by atoms with Crippen LogP contribution in [0.5, 0.6) is 0 Å². The molecule has 1 N–H and O–H groups in total. The maximum atomic E-state index is 8.68. The van der Waals surface area contributed by atoms with Crippen molar-refractivity contribution >= 4 is 11.3 Å². The largest absolute Gasteiger partial charge is 0.384 e. The van der Waals surface area contributed by atoms with E-state index in [1.807, 2.05) is 0 Å². The zero-order valence-corrected chi connectivity index (χ0v) is 12.5. The molecule has 1 fully saturated rings. The van der Waals surface area contributed by atoms with E-state index in [-0.39, 0.29) is 6.61 Å². The highest BCUT2D eigenvalue weighted by Crippen LogP contribution is 2.19. The number of thiophene rings is 1. The third-order valence-corrected chi connectivity index (χ3v) is 4.51. The van der Waals surface area contributed by atoms with Crippen LogP contribution in [0.25, 0.3) is 0 Å². The Labute approximate surface area is 119 Å². The molecule has 1 aliphatic heterocycles. The lowest BCUT2D eigenvalue weighted by molar-refractivity contribution is 0.216. The molecule has 1 aliphatic rings. The fraction of sp³-hybridized carbons (Fsp3) is 0.600. The van der Waals surface area contributed by atoms with Crippen molar-refractivity contribution in [3.63, 3.8) is 0 Å². The summed E-state index contributed by atoms with van der Waals surface area (Å²) in [4.78, 5) is 6.19. The molecule has 1 aromatic heterocycles. The van der Waals surface area contributed by atoms with Crippen molar-refractivity contribution in [2.75, 3.05) is 33.8 Å². The van der Waals surface area contributed by atoms with Crippen LogP contribution in [0, 0.1) is 11.8 Å². The minimum absolute atomic E-state index is 0.0703. The van der Waals surface area contributed by atoms with E-state index in [4.69, 9.17) is 5.11 Å². The van der Waals surface area contributed by atoms with Crippen LogP contribution in [0.1, 0.15) is 23.3 Å². The standard InChI is InChI=1S/C15H22N2OS/c1-16(10-14-6-3-7-17(14)2)11-15-9-13(12-19-15)5-4-8-18/h9,12,14,18H,3,6-8,10-11H2,1-2H3. The van der Waals surface area contributed by atoms with E-state index < -0.39 is 0 Å². The van der Waals surface area contributed by atoms with Crippen LogP contribution >= 0.6 is 11.3 Å². The average molecular weight is 278 g/mol. The fourth-order valence-corrected chi connectivity index (χ4v) is 3.47. The third kappa shape index (κ3) is 4.32. The van der Waals surface area contributed by atoms with Gasteiger partial charge in [-0.25, -0.2) is 0 Å². The molecule has 0 spiro atoms. The molecule has 0 bridgehead atoms. The Morgan fingerprint density at radius 3 is 3.11 bits per heavy atom. The molecule has 0 aromatic carbocycles. The number of likely N-dealkylation sites (N-methyl/N-ethyl adjacent to an activating group) is 2. The van der Waals surface area contributed by atoms with Crippen LogP contribution in [-0.4, -0.2) is 54.7 Å². The molecule has 3 nitrogen and oxygen atoms in total. The quantitative estimate of drug-likeness (QED) is 0.848. The molecule has 4 heteroatoms. The summed E-state index contributed by atoms with van der Waals surface area (Å²) in [6.45, 7) is 3.28. The first-order valence-corrected chi connectivity index (χ1v) is 7.63. The molecular weight excluding hydrogens is 256 g/mol. The number of hydrogen-bond donors (Lipinski definition) is 1. The maximum absolute atomic E-state index is 8.68. The molecule has 1 aromatic rings. The number of likely N-dealkylation sites (tertiary alicyclic amines) is 1. The van der Waals surface area contributed by atoms with E-state index >= 15 is 0 Å². The lowest BCUT2D eigenvalue weighted by Crippen LogP contribution is -2.36. The zero-order valence-electron chi connectivity index (χ0n) is 11.7. The first-order valence-electron chi connectivity index (χ1n) is 6.75. The first kappa shape index (κ1) is 14.5. The van der Waals surface area contributed by atoms with Crippen LogP contribution in [0.2, 0.25) is 0 Å². The van der Waals surface area contributed by atoms with Gasteiger partial charge >= 0.3 is 0 Å². The van der Waals surface area contributed by atoms with Gasteiger partial charge in [0, 0.05) is 35.0 Å². The van der Waals surface area contributed by atoms with Crippen molar-refractivity contribution in [2.24, 2.45) is 0 Å². The van der Waals surface area contributed by atoms with Crippen molar-refractivity contribution in [3.05, 3.63) is 21.9 Å². The Bertz CT molecular complexity index is 460. The SMILES string of the molecule is CN(Cc1cc(C#CCO)cs1)CC1CCCN1C. The minimum atomic E-state index is -0.0703. The number of rotatable bonds is 4. The summed E-state index contributed by atoms with van der Waals surface area (Å²) >= 11 is 1.75. The van der Waals surface area contributed by atoms with E-state index in [1.165, 1.54) is 24.3 Å². The van der Waals surface area contributed by atoms with Crippen molar-refractivity contribution in [2.45, 2.75) is 25.4 Å². The molecule has 0 aliphatic carbocycles. The van der Waals surface area contributed by atoms with Gasteiger partial charge in [0.05, 0.1) is 0 Å². The molecule has 0 radical (unpaired) electrons. The van der Waals surface area contributed by atoms with Gasteiger partial charge in [-0.05, 0) is 39.5 Å². The number of hydrogen-bond acceptors (Lipinski definition) is 4. The number of nitrogens with zero attached hydrogens (tertiary/aromatic N) is 2. The summed E-state index contributed by atoms with van der Waals surface area (Å²) in [6.07, 6.45) is 2.65. The van der Waals surface area contributed by atoms with Crippen LogP contribution in [0.4, 0.5) is 0 Å². The minimum Gasteiger partial charge on any atom is -0.384 e. The van der Waals surface area contributed by atoms with Crippen molar-refractivity contribution in [3.8, 4) is 11.8 Å². The molecule has 0 saturated carbocycles. The van der Waals surface area contributed by atoms with Gasteiger partial charge < -0.3 is 10.0 Å². The molecule has 1 atom stereocenters. The van der Waals surface area contributed by atoms with Crippen LogP contribution in [0.15, 0.2) is 11.4 Å². The molecule has 19 heavy (non-hydrogen) atoms. The summed E-state index contributed by atoms with van der Waals surface area (Å²) in [7, 11) is 4.41. The second-order valence-electron chi connectivity index (χ2n) is 5.23. The number of aliphatic hydroxyl groups excluding tert-OH is 1. The van der Waals surface area contributed by atoms with E-state index in [1.54, 1.807) is 11.3 Å². The van der Waals surface area contributed by atoms with Crippen LogP contribution in [-0.2, 0) is 6.54 Å². The lowest BCUT2D eigenvalue weighted by atomic mass is 10.2.